The zero-order valence-corrected chi connectivity index (χ0v) is 8.71. The molecule has 0 saturated carbocycles. The normalized spacial score (nSPS) is 12.3. The van der Waals surface area contributed by atoms with E-state index < -0.39 is 27.4 Å². The van der Waals surface area contributed by atoms with Crippen molar-refractivity contribution < 1.29 is 17.2 Å². The molecule has 0 bridgehead atoms. The first-order valence-corrected chi connectivity index (χ1v) is 5.66. The first-order chi connectivity index (χ1) is 6.88. The third-order valence-electron chi connectivity index (χ3n) is 1.64. The van der Waals surface area contributed by atoms with Crippen LogP contribution in [0, 0.1) is 0 Å². The van der Waals surface area contributed by atoms with Gasteiger partial charge in [-0.3, -0.25) is 4.57 Å². The molecule has 0 radical (unpaired) electrons. The number of alkyl halides is 2. The monoisotopic (exact) mass is 240 g/mol. The van der Waals surface area contributed by atoms with Gasteiger partial charge in [-0.15, -0.1) is 10.2 Å². The Morgan fingerprint density at radius 1 is 1.47 bits per heavy atom. The number of nitrogens with two attached hydrogens (primary N) is 1. The van der Waals surface area contributed by atoms with Crippen LogP contribution in [0.25, 0.3) is 0 Å². The predicted molar refractivity (Wildman–Crippen MR) is 46.6 cm³/mol. The molecule has 0 amide bonds. The van der Waals surface area contributed by atoms with Crippen molar-refractivity contribution in [2.24, 2.45) is 5.14 Å². The van der Waals surface area contributed by atoms with Crippen LogP contribution < -0.4 is 5.14 Å². The fraction of sp³-hybridized carbons (Fsp3) is 0.667. The average molecular weight is 240 g/mol. The molecule has 1 aromatic rings. The summed E-state index contributed by atoms with van der Waals surface area (Å²) in [5.41, 5.74) is 0. The summed E-state index contributed by atoms with van der Waals surface area (Å²) in [6.07, 6.45) is -2.40. The molecule has 0 saturated heterocycles. The van der Waals surface area contributed by atoms with E-state index in [0.717, 1.165) is 4.57 Å². The van der Waals surface area contributed by atoms with Crippen molar-refractivity contribution in [2.75, 3.05) is 0 Å². The van der Waals surface area contributed by atoms with Crippen LogP contribution >= 0.6 is 0 Å². The fourth-order valence-electron chi connectivity index (χ4n) is 1.11. The minimum Gasteiger partial charge on any atom is -0.296 e. The highest BCUT2D eigenvalue weighted by Crippen LogP contribution is 2.19. The number of primary sulfonamides is 1. The molecule has 1 aromatic heterocycles. The van der Waals surface area contributed by atoms with Crippen molar-refractivity contribution in [1.29, 1.82) is 0 Å². The minimum atomic E-state index is -4.11. The van der Waals surface area contributed by atoms with E-state index in [4.69, 9.17) is 5.14 Å². The lowest BCUT2D eigenvalue weighted by Gasteiger charge is -2.06. The first kappa shape index (κ1) is 12.0. The lowest BCUT2D eigenvalue weighted by atomic mass is 10.4. The maximum absolute atomic E-state index is 12.4. The highest BCUT2D eigenvalue weighted by Gasteiger charge is 2.25. The molecule has 86 valence electrons. The molecule has 0 aromatic carbocycles. The van der Waals surface area contributed by atoms with Crippen LogP contribution in [-0.4, -0.2) is 23.2 Å². The van der Waals surface area contributed by atoms with E-state index in [1.165, 1.54) is 0 Å². The summed E-state index contributed by atoms with van der Waals surface area (Å²) in [5.74, 6) is -0.680. The Morgan fingerprint density at radius 2 is 2.07 bits per heavy atom. The van der Waals surface area contributed by atoms with Gasteiger partial charge < -0.3 is 0 Å². The first-order valence-electron chi connectivity index (χ1n) is 4.12. The van der Waals surface area contributed by atoms with Gasteiger partial charge in [0.15, 0.2) is 0 Å². The van der Waals surface area contributed by atoms with Crippen molar-refractivity contribution in [1.82, 2.24) is 14.8 Å². The van der Waals surface area contributed by atoms with Crippen LogP contribution in [0.3, 0.4) is 0 Å². The summed E-state index contributed by atoms with van der Waals surface area (Å²) in [6.45, 7) is 1.79. The van der Waals surface area contributed by atoms with Gasteiger partial charge in [0, 0.05) is 6.54 Å². The summed E-state index contributed by atoms with van der Waals surface area (Å²) < 4.78 is 47.6. The van der Waals surface area contributed by atoms with Gasteiger partial charge in [-0.05, 0) is 6.42 Å². The topological polar surface area (TPSA) is 90.9 Å². The molecule has 0 unspecified atom stereocenters. The van der Waals surface area contributed by atoms with Gasteiger partial charge in [0.05, 0.1) is 0 Å². The minimum absolute atomic E-state index is 0.0818. The molecule has 15 heavy (non-hydrogen) atoms. The van der Waals surface area contributed by atoms with Gasteiger partial charge in [0.1, 0.15) is 0 Å². The number of halogens is 2. The molecule has 9 heteroatoms. The molecular weight excluding hydrogens is 230 g/mol. The Morgan fingerprint density at radius 3 is 2.47 bits per heavy atom. The van der Waals surface area contributed by atoms with Gasteiger partial charge in [0.25, 0.3) is 21.6 Å². The number of nitrogens with zero attached hydrogens (tertiary/aromatic N) is 3. The van der Waals surface area contributed by atoms with Crippen molar-refractivity contribution in [3.05, 3.63) is 5.82 Å². The molecule has 2 N–H and O–H groups in total. The average Bonchev–Trinajstić information content (AvgIpc) is 2.47. The van der Waals surface area contributed by atoms with E-state index in [-0.39, 0.29) is 6.54 Å². The summed E-state index contributed by atoms with van der Waals surface area (Å²) >= 11 is 0. The second-order valence-corrected chi connectivity index (χ2v) is 4.29. The van der Waals surface area contributed by atoms with Crippen molar-refractivity contribution in [3.63, 3.8) is 0 Å². The Labute approximate surface area is 85.1 Å². The lowest BCUT2D eigenvalue weighted by Crippen LogP contribution is -2.19. The predicted octanol–water partition coefficient (Wildman–Crippen LogP) is 0.273. The zero-order valence-electron chi connectivity index (χ0n) is 7.89. The van der Waals surface area contributed by atoms with E-state index in [1.54, 1.807) is 6.92 Å². The zero-order chi connectivity index (χ0) is 11.6. The molecule has 0 fully saturated rings. The lowest BCUT2D eigenvalue weighted by molar-refractivity contribution is 0.134. The van der Waals surface area contributed by atoms with Gasteiger partial charge >= 0.3 is 0 Å². The number of rotatable bonds is 4. The van der Waals surface area contributed by atoms with Crippen molar-refractivity contribution in [2.45, 2.75) is 31.5 Å². The van der Waals surface area contributed by atoms with Gasteiger partial charge in [-0.2, -0.15) is 0 Å². The van der Waals surface area contributed by atoms with Crippen molar-refractivity contribution in [3.8, 4) is 0 Å². The second kappa shape index (κ2) is 4.19. The smallest absolute Gasteiger partial charge is 0.296 e. The second-order valence-electron chi connectivity index (χ2n) is 2.84. The molecule has 1 rings (SSSR count). The molecule has 0 spiro atoms. The van der Waals surface area contributed by atoms with Gasteiger partial charge in [0.2, 0.25) is 5.82 Å². The summed E-state index contributed by atoms with van der Waals surface area (Å²) in [5, 5.41) is 10.4. The van der Waals surface area contributed by atoms with E-state index in [1.807, 2.05) is 0 Å². The molecule has 6 nitrogen and oxygen atoms in total. The SMILES string of the molecule is CCCn1c(C(F)F)nnc1S(N)(=O)=O. The number of aromatic nitrogens is 3. The van der Waals surface area contributed by atoms with E-state index >= 15 is 0 Å². The molecular formula is C6H10F2N4O2S. The van der Waals surface area contributed by atoms with Crippen LogP contribution in [0.1, 0.15) is 25.6 Å². The third-order valence-corrected chi connectivity index (χ3v) is 2.45. The molecule has 0 aliphatic heterocycles. The Balaban J connectivity index is 3.30. The largest absolute Gasteiger partial charge is 0.297 e. The van der Waals surface area contributed by atoms with Crippen molar-refractivity contribution >= 4 is 10.0 Å². The van der Waals surface area contributed by atoms with Gasteiger partial charge in [-0.1, -0.05) is 6.92 Å². The summed E-state index contributed by atoms with van der Waals surface area (Å²) in [4.78, 5) is 0. The Kier molecular flexibility index (Phi) is 3.35. The Bertz CT molecular complexity index is 442. The fourth-order valence-corrected chi connectivity index (χ4v) is 1.75. The highest BCUT2D eigenvalue weighted by molar-refractivity contribution is 7.89. The maximum atomic E-state index is 12.4. The Hall–Kier alpha value is -1.09. The molecule has 0 aliphatic carbocycles. The van der Waals surface area contributed by atoms with E-state index in [2.05, 4.69) is 10.2 Å². The molecule has 0 aliphatic rings. The third kappa shape index (κ3) is 2.48. The molecule has 1 heterocycles. The van der Waals surface area contributed by atoms with E-state index in [0.29, 0.717) is 6.42 Å². The van der Waals surface area contributed by atoms with Crippen LogP contribution in [0.4, 0.5) is 8.78 Å². The summed E-state index contributed by atoms with van der Waals surface area (Å²) in [6, 6.07) is 0. The molecule has 0 atom stereocenters. The van der Waals surface area contributed by atoms with Crippen LogP contribution in [0.2, 0.25) is 0 Å². The van der Waals surface area contributed by atoms with E-state index in [9.17, 15) is 17.2 Å². The standard InChI is InChI=1S/C6H10F2N4O2S/c1-2-3-12-5(4(7)8)10-11-6(12)15(9,13)14/h4H,2-3H2,1H3,(H2,9,13,14). The van der Waals surface area contributed by atoms with Crippen LogP contribution in [0.15, 0.2) is 5.16 Å². The quantitative estimate of drug-likeness (QED) is 0.817. The highest BCUT2D eigenvalue weighted by atomic mass is 32.2. The maximum Gasteiger partial charge on any atom is 0.297 e. The number of hydrogen-bond donors (Lipinski definition) is 1. The van der Waals surface area contributed by atoms with Crippen LogP contribution in [0.5, 0.6) is 0 Å². The number of hydrogen-bond acceptors (Lipinski definition) is 4. The van der Waals surface area contributed by atoms with Gasteiger partial charge in [-0.25, -0.2) is 22.3 Å². The summed E-state index contributed by atoms with van der Waals surface area (Å²) in [7, 11) is -4.11. The van der Waals surface area contributed by atoms with Crippen LogP contribution in [-0.2, 0) is 16.6 Å². The number of sulfonamides is 1.